The molecule has 0 fully saturated rings. The summed E-state index contributed by atoms with van der Waals surface area (Å²) in [6, 6.07) is 12.7. The molecule has 1 unspecified atom stereocenters. The van der Waals surface area contributed by atoms with Crippen molar-refractivity contribution >= 4 is 11.8 Å². The normalized spacial score (nSPS) is 11.6. The highest BCUT2D eigenvalue weighted by atomic mass is 16.2. The van der Waals surface area contributed by atoms with Gasteiger partial charge < -0.3 is 10.6 Å². The molecule has 1 aromatic heterocycles. The van der Waals surface area contributed by atoms with Crippen LogP contribution in [0, 0.1) is 0 Å². The number of benzene rings is 1. The molecule has 1 atom stereocenters. The Bertz CT molecular complexity index is 686. The maximum absolute atomic E-state index is 12.4. The molecular formula is C19H23N3O2. The Balaban J connectivity index is 2.02. The van der Waals surface area contributed by atoms with E-state index in [4.69, 9.17) is 0 Å². The second-order valence-corrected chi connectivity index (χ2v) is 5.65. The van der Waals surface area contributed by atoms with E-state index < -0.39 is 0 Å². The predicted molar refractivity (Wildman–Crippen MR) is 93.8 cm³/mol. The Morgan fingerprint density at radius 1 is 1.12 bits per heavy atom. The number of carbonyl (C=O) groups excluding carboxylic acids is 2. The fourth-order valence-corrected chi connectivity index (χ4v) is 2.27. The van der Waals surface area contributed by atoms with Crippen LogP contribution in [0.1, 0.15) is 59.1 Å². The van der Waals surface area contributed by atoms with Crippen molar-refractivity contribution in [2.24, 2.45) is 0 Å². The average molecular weight is 325 g/mol. The number of nitrogens with zero attached hydrogens (tertiary/aromatic N) is 1. The van der Waals surface area contributed by atoms with Crippen LogP contribution in [0.5, 0.6) is 0 Å². The molecule has 1 heterocycles. The molecule has 0 saturated heterocycles. The molecule has 0 aliphatic rings. The van der Waals surface area contributed by atoms with Gasteiger partial charge >= 0.3 is 0 Å². The molecule has 2 aromatic rings. The van der Waals surface area contributed by atoms with E-state index in [1.807, 2.05) is 37.3 Å². The van der Waals surface area contributed by atoms with Gasteiger partial charge in [-0.25, -0.2) is 0 Å². The molecule has 0 radical (unpaired) electrons. The highest BCUT2D eigenvalue weighted by Gasteiger charge is 2.14. The van der Waals surface area contributed by atoms with Crippen molar-refractivity contribution in [1.29, 1.82) is 0 Å². The number of carbonyl (C=O) groups is 2. The van der Waals surface area contributed by atoms with Gasteiger partial charge in [0.2, 0.25) is 0 Å². The van der Waals surface area contributed by atoms with E-state index >= 15 is 0 Å². The van der Waals surface area contributed by atoms with Crippen molar-refractivity contribution in [2.75, 3.05) is 6.54 Å². The number of hydrogen-bond acceptors (Lipinski definition) is 3. The summed E-state index contributed by atoms with van der Waals surface area (Å²) in [7, 11) is 0. The zero-order valence-electron chi connectivity index (χ0n) is 14.1. The standard InChI is InChI=1S/C19H23N3O2/c1-3-4-11-21-19(24)17-13-16(10-12-20-17)18(23)22-14(2)15-8-6-5-7-9-15/h5-10,12-14H,3-4,11H2,1-2H3,(H,21,24)(H,22,23). The van der Waals surface area contributed by atoms with Crippen LogP contribution in [0.2, 0.25) is 0 Å². The monoisotopic (exact) mass is 325 g/mol. The van der Waals surface area contributed by atoms with Gasteiger partial charge in [0.25, 0.3) is 11.8 Å². The van der Waals surface area contributed by atoms with E-state index in [1.165, 1.54) is 12.3 Å². The van der Waals surface area contributed by atoms with E-state index in [-0.39, 0.29) is 23.6 Å². The van der Waals surface area contributed by atoms with E-state index in [9.17, 15) is 9.59 Å². The maximum atomic E-state index is 12.4. The van der Waals surface area contributed by atoms with E-state index in [0.29, 0.717) is 12.1 Å². The van der Waals surface area contributed by atoms with E-state index in [0.717, 1.165) is 18.4 Å². The van der Waals surface area contributed by atoms with Gasteiger partial charge in [0.1, 0.15) is 5.69 Å². The minimum Gasteiger partial charge on any atom is -0.351 e. The van der Waals surface area contributed by atoms with Gasteiger partial charge in [0.15, 0.2) is 0 Å². The van der Waals surface area contributed by atoms with E-state index in [1.54, 1.807) is 6.07 Å². The van der Waals surface area contributed by atoms with Crippen LogP contribution in [0.4, 0.5) is 0 Å². The van der Waals surface area contributed by atoms with Crippen molar-refractivity contribution in [3.05, 3.63) is 65.5 Å². The van der Waals surface area contributed by atoms with Crippen LogP contribution in [0.25, 0.3) is 0 Å². The van der Waals surface area contributed by atoms with Crippen LogP contribution in [0.15, 0.2) is 48.7 Å². The van der Waals surface area contributed by atoms with Gasteiger partial charge in [0.05, 0.1) is 6.04 Å². The summed E-state index contributed by atoms with van der Waals surface area (Å²) >= 11 is 0. The largest absolute Gasteiger partial charge is 0.351 e. The average Bonchev–Trinajstić information content (AvgIpc) is 2.62. The second-order valence-electron chi connectivity index (χ2n) is 5.65. The lowest BCUT2D eigenvalue weighted by molar-refractivity contribution is 0.0939. The van der Waals surface area contributed by atoms with Gasteiger partial charge in [-0.2, -0.15) is 0 Å². The highest BCUT2D eigenvalue weighted by Crippen LogP contribution is 2.12. The lowest BCUT2D eigenvalue weighted by atomic mass is 10.1. The summed E-state index contributed by atoms with van der Waals surface area (Å²) in [5, 5.41) is 5.73. The topological polar surface area (TPSA) is 71.1 Å². The molecule has 126 valence electrons. The number of unbranched alkanes of at least 4 members (excludes halogenated alkanes) is 1. The Labute approximate surface area is 142 Å². The second kappa shape index (κ2) is 8.82. The zero-order valence-corrected chi connectivity index (χ0v) is 14.1. The fraction of sp³-hybridized carbons (Fsp3) is 0.316. The first kappa shape index (κ1) is 17.7. The lowest BCUT2D eigenvalue weighted by Gasteiger charge is -2.14. The molecule has 0 aliphatic heterocycles. The first-order chi connectivity index (χ1) is 11.6. The minimum absolute atomic E-state index is 0.117. The molecule has 2 rings (SSSR count). The Morgan fingerprint density at radius 3 is 2.58 bits per heavy atom. The minimum atomic E-state index is -0.255. The molecule has 5 nitrogen and oxygen atoms in total. The molecule has 2 N–H and O–H groups in total. The van der Waals surface area contributed by atoms with Crippen LogP contribution >= 0.6 is 0 Å². The molecule has 0 spiro atoms. The van der Waals surface area contributed by atoms with Gasteiger partial charge in [0, 0.05) is 18.3 Å². The molecule has 24 heavy (non-hydrogen) atoms. The molecule has 0 bridgehead atoms. The summed E-state index contributed by atoms with van der Waals surface area (Å²) in [5.74, 6) is -0.481. The van der Waals surface area contributed by atoms with Gasteiger partial charge in [-0.1, -0.05) is 43.7 Å². The lowest BCUT2D eigenvalue weighted by Crippen LogP contribution is -2.28. The molecule has 2 amide bonds. The number of pyridine rings is 1. The number of hydrogen-bond donors (Lipinski definition) is 2. The van der Waals surface area contributed by atoms with Crippen molar-refractivity contribution in [1.82, 2.24) is 15.6 Å². The van der Waals surface area contributed by atoms with Crippen molar-refractivity contribution in [3.63, 3.8) is 0 Å². The zero-order chi connectivity index (χ0) is 17.4. The smallest absolute Gasteiger partial charge is 0.269 e. The molecule has 1 aromatic carbocycles. The van der Waals surface area contributed by atoms with E-state index in [2.05, 4.69) is 22.5 Å². The number of amides is 2. The van der Waals surface area contributed by atoms with Crippen molar-refractivity contribution < 1.29 is 9.59 Å². The van der Waals surface area contributed by atoms with Crippen LogP contribution < -0.4 is 10.6 Å². The molecule has 0 aliphatic carbocycles. The maximum Gasteiger partial charge on any atom is 0.269 e. The highest BCUT2D eigenvalue weighted by molar-refractivity contribution is 5.98. The van der Waals surface area contributed by atoms with Crippen LogP contribution in [0.3, 0.4) is 0 Å². The molecule has 5 heteroatoms. The third-order valence-electron chi connectivity index (χ3n) is 3.72. The van der Waals surface area contributed by atoms with Gasteiger partial charge in [-0.15, -0.1) is 0 Å². The Morgan fingerprint density at radius 2 is 1.88 bits per heavy atom. The Kier molecular flexibility index (Phi) is 6.49. The number of aromatic nitrogens is 1. The summed E-state index contributed by atoms with van der Waals surface area (Å²) in [6.07, 6.45) is 3.41. The summed E-state index contributed by atoms with van der Waals surface area (Å²) in [5.41, 5.74) is 1.71. The third-order valence-corrected chi connectivity index (χ3v) is 3.72. The summed E-state index contributed by atoms with van der Waals surface area (Å²) in [4.78, 5) is 28.5. The van der Waals surface area contributed by atoms with Crippen LogP contribution in [-0.2, 0) is 0 Å². The predicted octanol–water partition coefficient (Wildman–Crippen LogP) is 3.10. The fourth-order valence-electron chi connectivity index (χ4n) is 2.27. The summed E-state index contributed by atoms with van der Waals surface area (Å²) in [6.45, 7) is 4.59. The van der Waals surface area contributed by atoms with Gasteiger partial charge in [-0.05, 0) is 31.0 Å². The van der Waals surface area contributed by atoms with Crippen molar-refractivity contribution in [3.8, 4) is 0 Å². The number of nitrogens with one attached hydrogen (secondary N) is 2. The first-order valence-corrected chi connectivity index (χ1v) is 8.22. The number of rotatable bonds is 7. The van der Waals surface area contributed by atoms with Gasteiger partial charge in [-0.3, -0.25) is 14.6 Å². The first-order valence-electron chi connectivity index (χ1n) is 8.22. The summed E-state index contributed by atoms with van der Waals surface area (Å²) < 4.78 is 0. The third kappa shape index (κ3) is 4.91. The molecular weight excluding hydrogens is 302 g/mol. The Hall–Kier alpha value is -2.69. The SMILES string of the molecule is CCCCNC(=O)c1cc(C(=O)NC(C)c2ccccc2)ccn1. The van der Waals surface area contributed by atoms with Crippen LogP contribution in [-0.4, -0.2) is 23.3 Å². The molecule has 0 saturated carbocycles. The van der Waals surface area contributed by atoms with Crippen molar-refractivity contribution in [2.45, 2.75) is 32.7 Å². The quantitative estimate of drug-likeness (QED) is 0.768.